The number of benzene rings is 2. The van der Waals surface area contributed by atoms with E-state index in [1.54, 1.807) is 48.7 Å². The van der Waals surface area contributed by atoms with Gasteiger partial charge in [0.2, 0.25) is 0 Å². The molecule has 6 heteroatoms. The average molecular weight is 383 g/mol. The summed E-state index contributed by atoms with van der Waals surface area (Å²) in [5, 5.41) is 9.75. The molecular formula is C23H17N3O3. The molecule has 0 aliphatic heterocycles. The highest BCUT2D eigenvalue weighted by molar-refractivity contribution is 6.07. The molecule has 0 aliphatic carbocycles. The van der Waals surface area contributed by atoms with E-state index < -0.39 is 0 Å². The van der Waals surface area contributed by atoms with Crippen LogP contribution in [0.4, 0.5) is 5.69 Å². The summed E-state index contributed by atoms with van der Waals surface area (Å²) in [5.41, 5.74) is 3.77. The molecule has 142 valence electrons. The molecule has 2 aromatic carbocycles. The second kappa shape index (κ2) is 8.22. The Hall–Kier alpha value is -4.19. The van der Waals surface area contributed by atoms with Crippen LogP contribution in [0.15, 0.2) is 89.7 Å². The normalized spacial score (nSPS) is 10.9. The largest absolute Gasteiger partial charge is 0.459 e. The Bertz CT molecular complexity index is 1140. The molecule has 29 heavy (non-hydrogen) atoms. The number of amides is 1. The minimum atomic E-state index is -0.345. The van der Waals surface area contributed by atoms with Crippen molar-refractivity contribution in [3.05, 3.63) is 102 Å². The maximum atomic E-state index is 12.5. The maximum absolute atomic E-state index is 12.5. The first-order valence-corrected chi connectivity index (χ1v) is 8.97. The minimum Gasteiger partial charge on any atom is -0.459 e. The number of carbonyl (C=O) groups is 2. The van der Waals surface area contributed by atoms with Crippen molar-refractivity contribution in [3.63, 3.8) is 0 Å². The smallest absolute Gasteiger partial charge is 0.291 e. The summed E-state index contributed by atoms with van der Waals surface area (Å²) in [7, 11) is 0. The molecule has 0 fully saturated rings. The zero-order chi connectivity index (χ0) is 20.1. The number of rotatable bonds is 6. The number of carbonyl (C=O) groups excluding carboxylic acids is 2. The molecular weight excluding hydrogens is 366 g/mol. The Balaban J connectivity index is 1.44. The van der Waals surface area contributed by atoms with E-state index in [-0.39, 0.29) is 17.5 Å². The van der Waals surface area contributed by atoms with E-state index in [1.165, 1.54) is 12.3 Å². The Morgan fingerprint density at radius 2 is 1.76 bits per heavy atom. The zero-order valence-corrected chi connectivity index (χ0v) is 15.3. The number of allylic oxidation sites excluding steroid dienone is 1. The molecule has 2 heterocycles. The summed E-state index contributed by atoms with van der Waals surface area (Å²) in [4.78, 5) is 24.5. The van der Waals surface area contributed by atoms with Gasteiger partial charge < -0.3 is 9.73 Å². The third kappa shape index (κ3) is 4.22. The lowest BCUT2D eigenvalue weighted by Gasteiger charge is -2.04. The van der Waals surface area contributed by atoms with E-state index in [0.29, 0.717) is 11.3 Å². The second-order valence-corrected chi connectivity index (χ2v) is 6.27. The van der Waals surface area contributed by atoms with Gasteiger partial charge in [0.1, 0.15) is 0 Å². The molecule has 0 spiro atoms. The first-order chi connectivity index (χ1) is 14.2. The van der Waals surface area contributed by atoms with Gasteiger partial charge in [0.05, 0.1) is 18.2 Å². The predicted molar refractivity (Wildman–Crippen MR) is 110 cm³/mol. The van der Waals surface area contributed by atoms with E-state index in [0.717, 1.165) is 16.8 Å². The summed E-state index contributed by atoms with van der Waals surface area (Å²) >= 11 is 0. The molecule has 0 aliphatic rings. The van der Waals surface area contributed by atoms with Crippen molar-refractivity contribution in [1.29, 1.82) is 0 Å². The van der Waals surface area contributed by atoms with Crippen molar-refractivity contribution in [1.82, 2.24) is 10.2 Å². The molecule has 4 rings (SSSR count). The summed E-state index contributed by atoms with van der Waals surface area (Å²) in [5.74, 6) is -0.265. The Morgan fingerprint density at radius 1 is 0.966 bits per heavy atom. The number of nitrogens with zero attached hydrogens (tertiary/aromatic N) is 1. The minimum absolute atomic E-state index is 0.144. The molecule has 0 unspecified atom stereocenters. The summed E-state index contributed by atoms with van der Waals surface area (Å²) in [6, 6.07) is 19.7. The highest BCUT2D eigenvalue weighted by atomic mass is 16.3. The van der Waals surface area contributed by atoms with Gasteiger partial charge in [-0.3, -0.25) is 14.7 Å². The molecule has 0 atom stereocenters. The number of ketones is 1. The number of hydrogen-bond donors (Lipinski definition) is 2. The standard InChI is InChI=1S/C23H17N3O3/c27-20(13-10-18-15-24-26-22(18)17-5-2-1-3-6-17)16-8-11-19(12-9-16)25-23(28)21-7-4-14-29-21/h1-15H,(H,24,26)(H,25,28)/b13-10+. The number of anilines is 1. The number of nitrogens with one attached hydrogen (secondary N) is 2. The van der Waals surface area contributed by atoms with E-state index in [4.69, 9.17) is 4.42 Å². The van der Waals surface area contributed by atoms with Gasteiger partial charge in [0, 0.05) is 22.4 Å². The fourth-order valence-electron chi connectivity index (χ4n) is 2.84. The lowest BCUT2D eigenvalue weighted by molar-refractivity contribution is 0.0996. The van der Waals surface area contributed by atoms with E-state index in [2.05, 4.69) is 15.5 Å². The number of aromatic nitrogens is 2. The third-order valence-corrected chi connectivity index (χ3v) is 4.32. The number of H-pyrrole nitrogens is 1. The van der Waals surface area contributed by atoms with Crippen LogP contribution < -0.4 is 5.32 Å². The van der Waals surface area contributed by atoms with E-state index >= 15 is 0 Å². The van der Waals surface area contributed by atoms with Crippen LogP contribution in [0.1, 0.15) is 26.5 Å². The van der Waals surface area contributed by atoms with Gasteiger partial charge in [-0.1, -0.05) is 30.3 Å². The van der Waals surface area contributed by atoms with E-state index in [9.17, 15) is 9.59 Å². The highest BCUT2D eigenvalue weighted by Gasteiger charge is 2.10. The maximum Gasteiger partial charge on any atom is 0.291 e. The van der Waals surface area contributed by atoms with Gasteiger partial charge in [0.25, 0.3) is 5.91 Å². The predicted octanol–water partition coefficient (Wildman–Crippen LogP) is 4.82. The summed E-state index contributed by atoms with van der Waals surface area (Å²) < 4.78 is 5.06. The van der Waals surface area contributed by atoms with Gasteiger partial charge in [-0.15, -0.1) is 0 Å². The molecule has 0 radical (unpaired) electrons. The van der Waals surface area contributed by atoms with Crippen LogP contribution in [-0.2, 0) is 0 Å². The number of aromatic amines is 1. The van der Waals surface area contributed by atoms with Crippen molar-refractivity contribution >= 4 is 23.5 Å². The fourth-order valence-corrected chi connectivity index (χ4v) is 2.84. The first kappa shape index (κ1) is 18.2. The molecule has 6 nitrogen and oxygen atoms in total. The lowest BCUT2D eigenvalue weighted by Crippen LogP contribution is -2.10. The lowest BCUT2D eigenvalue weighted by atomic mass is 10.1. The average Bonchev–Trinajstić information content (AvgIpc) is 3.45. The van der Waals surface area contributed by atoms with Gasteiger partial charge in [-0.2, -0.15) is 5.10 Å². The Kier molecular flexibility index (Phi) is 5.16. The van der Waals surface area contributed by atoms with Crippen LogP contribution in [0.3, 0.4) is 0 Å². The SMILES string of the molecule is O=C(/C=C/c1cn[nH]c1-c1ccccc1)c1ccc(NC(=O)c2ccco2)cc1. The van der Waals surface area contributed by atoms with Crippen molar-refractivity contribution in [2.45, 2.75) is 0 Å². The Labute approximate surface area is 166 Å². The number of hydrogen-bond acceptors (Lipinski definition) is 4. The van der Waals surface area contributed by atoms with Gasteiger partial charge in [-0.25, -0.2) is 0 Å². The summed E-state index contributed by atoms with van der Waals surface area (Å²) in [6.07, 6.45) is 6.36. The van der Waals surface area contributed by atoms with Gasteiger partial charge in [-0.05, 0) is 48.6 Å². The van der Waals surface area contributed by atoms with Gasteiger partial charge in [0.15, 0.2) is 11.5 Å². The monoisotopic (exact) mass is 383 g/mol. The molecule has 2 N–H and O–H groups in total. The second-order valence-electron chi connectivity index (χ2n) is 6.27. The van der Waals surface area contributed by atoms with Gasteiger partial charge >= 0.3 is 0 Å². The van der Waals surface area contributed by atoms with Crippen LogP contribution in [0.5, 0.6) is 0 Å². The van der Waals surface area contributed by atoms with Crippen LogP contribution in [0.2, 0.25) is 0 Å². The fraction of sp³-hybridized carbons (Fsp3) is 0. The molecule has 0 saturated carbocycles. The topological polar surface area (TPSA) is 88.0 Å². The van der Waals surface area contributed by atoms with Crippen molar-refractivity contribution in [2.24, 2.45) is 0 Å². The van der Waals surface area contributed by atoms with Crippen molar-refractivity contribution in [2.75, 3.05) is 5.32 Å². The Morgan fingerprint density at radius 3 is 2.48 bits per heavy atom. The molecule has 1 amide bonds. The van der Waals surface area contributed by atoms with E-state index in [1.807, 2.05) is 30.3 Å². The summed E-state index contributed by atoms with van der Waals surface area (Å²) in [6.45, 7) is 0. The quantitative estimate of drug-likeness (QED) is 0.369. The van der Waals surface area contributed by atoms with Crippen LogP contribution in [0.25, 0.3) is 17.3 Å². The van der Waals surface area contributed by atoms with Crippen LogP contribution in [0, 0.1) is 0 Å². The molecule has 0 saturated heterocycles. The molecule has 2 aromatic heterocycles. The van der Waals surface area contributed by atoms with Crippen LogP contribution >= 0.6 is 0 Å². The highest BCUT2D eigenvalue weighted by Crippen LogP contribution is 2.22. The first-order valence-electron chi connectivity index (χ1n) is 8.97. The van der Waals surface area contributed by atoms with Crippen LogP contribution in [-0.4, -0.2) is 21.9 Å². The third-order valence-electron chi connectivity index (χ3n) is 4.32. The zero-order valence-electron chi connectivity index (χ0n) is 15.3. The molecule has 0 bridgehead atoms. The molecule has 4 aromatic rings. The van der Waals surface area contributed by atoms with Crippen molar-refractivity contribution < 1.29 is 14.0 Å². The number of furan rings is 1. The van der Waals surface area contributed by atoms with Crippen molar-refractivity contribution in [3.8, 4) is 11.3 Å².